The second-order valence-corrected chi connectivity index (χ2v) is 4.00. The summed E-state index contributed by atoms with van der Waals surface area (Å²) in [5.74, 6) is 0. The van der Waals surface area contributed by atoms with Crippen LogP contribution < -0.4 is 0 Å². The third-order valence-corrected chi connectivity index (χ3v) is 2.31. The Kier molecular flexibility index (Phi) is 3.07. The van der Waals surface area contributed by atoms with Gasteiger partial charge in [-0.3, -0.25) is 0 Å². The molecule has 0 aromatic rings. The lowest BCUT2D eigenvalue weighted by atomic mass is 10.9. The summed E-state index contributed by atoms with van der Waals surface area (Å²) >= 11 is 4.38. The van der Waals surface area contributed by atoms with Gasteiger partial charge in [-0.1, -0.05) is 0 Å². The lowest BCUT2D eigenvalue weighted by molar-refractivity contribution is 0.343. The van der Waals surface area contributed by atoms with Gasteiger partial charge in [0.05, 0.1) is 6.61 Å². The first-order valence-electron chi connectivity index (χ1n) is 2.35. The Hall–Kier alpha value is -0.160. The van der Waals surface area contributed by atoms with Gasteiger partial charge in [0.2, 0.25) is 9.84 Å². The van der Waals surface area contributed by atoms with Gasteiger partial charge >= 0.3 is 0 Å². The SMILES string of the molecule is CCOC(=S)S(C)(=O)=O. The van der Waals surface area contributed by atoms with E-state index in [0.29, 0.717) is 6.61 Å². The van der Waals surface area contributed by atoms with E-state index in [9.17, 15) is 8.42 Å². The van der Waals surface area contributed by atoms with Gasteiger partial charge in [0.1, 0.15) is 0 Å². The van der Waals surface area contributed by atoms with Crippen LogP contribution in [0.4, 0.5) is 0 Å². The van der Waals surface area contributed by atoms with Gasteiger partial charge in [-0.2, -0.15) is 0 Å². The molecular formula is C4H8O3S2. The fourth-order valence-electron chi connectivity index (χ4n) is 0.225. The van der Waals surface area contributed by atoms with Gasteiger partial charge in [0.25, 0.3) is 4.38 Å². The maximum atomic E-state index is 10.5. The van der Waals surface area contributed by atoms with Gasteiger partial charge in [-0.05, 0) is 19.1 Å². The summed E-state index contributed by atoms with van der Waals surface area (Å²) in [4.78, 5) is 0. The van der Waals surface area contributed by atoms with Crippen molar-refractivity contribution in [3.63, 3.8) is 0 Å². The van der Waals surface area contributed by atoms with Crippen LogP contribution in [0, 0.1) is 0 Å². The molecule has 0 aliphatic carbocycles. The molecule has 0 saturated carbocycles. The van der Waals surface area contributed by atoms with E-state index in [-0.39, 0.29) is 4.38 Å². The summed E-state index contributed by atoms with van der Waals surface area (Å²) in [6.45, 7) is 1.98. The molecule has 0 atom stereocenters. The molecule has 0 amide bonds. The molecule has 0 aliphatic heterocycles. The van der Waals surface area contributed by atoms with Gasteiger partial charge in [0, 0.05) is 6.26 Å². The minimum Gasteiger partial charge on any atom is -0.475 e. The summed E-state index contributed by atoms with van der Waals surface area (Å²) in [6.07, 6.45) is 1.02. The summed E-state index contributed by atoms with van der Waals surface area (Å²) in [6, 6.07) is 0. The van der Waals surface area contributed by atoms with Gasteiger partial charge < -0.3 is 4.74 Å². The molecule has 0 fully saturated rings. The van der Waals surface area contributed by atoms with Crippen LogP contribution in [-0.4, -0.2) is 25.7 Å². The number of ether oxygens (including phenoxy) is 1. The zero-order valence-electron chi connectivity index (χ0n) is 5.25. The number of hydrogen-bond donors (Lipinski definition) is 0. The van der Waals surface area contributed by atoms with Crippen molar-refractivity contribution in [2.45, 2.75) is 6.92 Å². The lowest BCUT2D eigenvalue weighted by Crippen LogP contribution is -2.13. The van der Waals surface area contributed by atoms with Crippen LogP contribution in [0.5, 0.6) is 0 Å². The molecule has 0 aromatic heterocycles. The molecule has 0 radical (unpaired) electrons. The predicted octanol–water partition coefficient (Wildman–Crippen LogP) is 0.352. The number of rotatable bonds is 1. The van der Waals surface area contributed by atoms with E-state index in [4.69, 9.17) is 0 Å². The predicted molar refractivity (Wildman–Crippen MR) is 39.1 cm³/mol. The molecule has 54 valence electrons. The molecule has 0 heterocycles. The third-order valence-electron chi connectivity index (χ3n) is 0.565. The molecule has 5 heteroatoms. The Morgan fingerprint density at radius 1 is 1.67 bits per heavy atom. The van der Waals surface area contributed by atoms with Crippen LogP contribution >= 0.6 is 12.2 Å². The maximum absolute atomic E-state index is 10.5. The summed E-state index contributed by atoms with van der Waals surface area (Å²) in [5.41, 5.74) is 0. The number of hydrogen-bond acceptors (Lipinski definition) is 4. The first-order valence-corrected chi connectivity index (χ1v) is 4.65. The first kappa shape index (κ1) is 8.84. The zero-order valence-corrected chi connectivity index (χ0v) is 6.88. The van der Waals surface area contributed by atoms with Crippen molar-refractivity contribution in [2.75, 3.05) is 12.9 Å². The van der Waals surface area contributed by atoms with Gasteiger partial charge in [-0.25, -0.2) is 8.42 Å². The Bertz CT molecular complexity index is 192. The number of sulfone groups is 1. The molecule has 0 spiro atoms. The van der Waals surface area contributed by atoms with Crippen LogP contribution in [0.3, 0.4) is 0 Å². The van der Waals surface area contributed by atoms with Crippen molar-refractivity contribution in [3.8, 4) is 0 Å². The second kappa shape index (κ2) is 3.12. The summed E-state index contributed by atoms with van der Waals surface area (Å²) in [5, 5.41) is 0. The van der Waals surface area contributed by atoms with E-state index in [1.54, 1.807) is 6.92 Å². The quantitative estimate of drug-likeness (QED) is 0.530. The van der Waals surface area contributed by atoms with Crippen LogP contribution in [-0.2, 0) is 14.6 Å². The topological polar surface area (TPSA) is 43.4 Å². The molecule has 0 unspecified atom stereocenters. The highest BCUT2D eigenvalue weighted by atomic mass is 32.2. The fourth-order valence-corrected chi connectivity index (χ4v) is 0.675. The van der Waals surface area contributed by atoms with Crippen molar-refractivity contribution in [2.24, 2.45) is 0 Å². The summed E-state index contributed by atoms with van der Waals surface area (Å²) in [7, 11) is -3.26. The van der Waals surface area contributed by atoms with E-state index in [2.05, 4.69) is 17.0 Å². The highest BCUT2D eigenvalue weighted by Gasteiger charge is 2.09. The van der Waals surface area contributed by atoms with Crippen LogP contribution in [0.15, 0.2) is 0 Å². The van der Waals surface area contributed by atoms with E-state index in [1.807, 2.05) is 0 Å². The van der Waals surface area contributed by atoms with Crippen LogP contribution in [0.2, 0.25) is 0 Å². The number of thiocarbonyl (C=S) groups is 1. The summed E-state index contributed by atoms with van der Waals surface area (Å²) < 4.78 is 25.1. The van der Waals surface area contributed by atoms with E-state index in [1.165, 1.54) is 0 Å². The van der Waals surface area contributed by atoms with E-state index < -0.39 is 9.84 Å². The third kappa shape index (κ3) is 3.42. The monoisotopic (exact) mass is 168 g/mol. The van der Waals surface area contributed by atoms with E-state index >= 15 is 0 Å². The Morgan fingerprint density at radius 2 is 2.11 bits per heavy atom. The van der Waals surface area contributed by atoms with Gasteiger partial charge in [0.15, 0.2) is 0 Å². The minimum atomic E-state index is -3.26. The fraction of sp³-hybridized carbons (Fsp3) is 0.750. The highest BCUT2D eigenvalue weighted by Crippen LogP contribution is 1.90. The minimum absolute atomic E-state index is 0.298. The molecule has 3 nitrogen and oxygen atoms in total. The molecule has 0 saturated heterocycles. The zero-order chi connectivity index (χ0) is 7.49. The molecule has 0 aliphatic rings. The molecule has 9 heavy (non-hydrogen) atoms. The van der Waals surface area contributed by atoms with Crippen molar-refractivity contribution < 1.29 is 13.2 Å². The Morgan fingerprint density at radius 3 is 2.22 bits per heavy atom. The van der Waals surface area contributed by atoms with E-state index in [0.717, 1.165) is 6.26 Å². The van der Waals surface area contributed by atoms with Gasteiger partial charge in [-0.15, -0.1) is 0 Å². The molecule has 0 rings (SSSR count). The largest absolute Gasteiger partial charge is 0.475 e. The van der Waals surface area contributed by atoms with Crippen LogP contribution in [0.25, 0.3) is 0 Å². The molecule has 0 aromatic carbocycles. The Labute approximate surface area is 59.9 Å². The van der Waals surface area contributed by atoms with Crippen molar-refractivity contribution in [3.05, 3.63) is 0 Å². The first-order chi connectivity index (χ1) is 3.98. The lowest BCUT2D eigenvalue weighted by Gasteiger charge is -1.99. The van der Waals surface area contributed by atoms with Crippen molar-refractivity contribution in [1.82, 2.24) is 0 Å². The molecular weight excluding hydrogens is 160 g/mol. The smallest absolute Gasteiger partial charge is 0.278 e. The van der Waals surface area contributed by atoms with Crippen LogP contribution in [0.1, 0.15) is 6.92 Å². The Balaban J connectivity index is 4.08. The average molecular weight is 168 g/mol. The van der Waals surface area contributed by atoms with Crippen molar-refractivity contribution >= 4 is 26.4 Å². The molecule has 0 bridgehead atoms. The molecule has 0 N–H and O–H groups in total. The average Bonchev–Trinajstić information content (AvgIpc) is 1.64. The van der Waals surface area contributed by atoms with Crippen molar-refractivity contribution in [1.29, 1.82) is 0 Å². The normalized spacial score (nSPS) is 10.9. The highest BCUT2D eigenvalue weighted by molar-refractivity contribution is 8.16. The second-order valence-electron chi connectivity index (χ2n) is 1.46. The standard InChI is InChI=1S/C4H8O3S2/c1-3-7-4(8)9(2,5)6/h3H2,1-2H3. The maximum Gasteiger partial charge on any atom is 0.278 e.